The van der Waals surface area contributed by atoms with Gasteiger partial charge in [0.05, 0.1) is 10.6 Å². The monoisotopic (exact) mass is 431 g/mol. The summed E-state index contributed by atoms with van der Waals surface area (Å²) in [6, 6.07) is 13.1. The molecular formula is C21H17ClF3N5. The average molecular weight is 432 g/mol. The summed E-state index contributed by atoms with van der Waals surface area (Å²) >= 11 is 5.75. The number of halogens is 4. The third-order valence-electron chi connectivity index (χ3n) is 4.71. The van der Waals surface area contributed by atoms with Gasteiger partial charge in [0.15, 0.2) is 5.82 Å². The molecule has 1 N–H and O–H groups in total. The number of benzene rings is 2. The van der Waals surface area contributed by atoms with E-state index in [1.54, 1.807) is 0 Å². The molecule has 2 aromatic carbocycles. The van der Waals surface area contributed by atoms with Crippen LogP contribution in [0.2, 0.25) is 5.02 Å². The van der Waals surface area contributed by atoms with Gasteiger partial charge in [0.2, 0.25) is 0 Å². The van der Waals surface area contributed by atoms with Gasteiger partial charge in [-0.05, 0) is 31.5 Å². The number of alkyl halides is 3. The number of aryl methyl sites for hydroxylation is 1. The Labute approximate surface area is 175 Å². The lowest BCUT2D eigenvalue weighted by atomic mass is 10.1. The molecule has 30 heavy (non-hydrogen) atoms. The van der Waals surface area contributed by atoms with Crippen LogP contribution in [-0.2, 0) is 12.6 Å². The molecule has 0 spiro atoms. The van der Waals surface area contributed by atoms with Crippen molar-refractivity contribution in [3.63, 3.8) is 0 Å². The maximum absolute atomic E-state index is 13.3. The summed E-state index contributed by atoms with van der Waals surface area (Å²) in [4.78, 5) is 9.01. The van der Waals surface area contributed by atoms with E-state index >= 15 is 0 Å². The minimum absolute atomic E-state index is 0.241. The third kappa shape index (κ3) is 3.70. The van der Waals surface area contributed by atoms with Gasteiger partial charge in [-0.15, -0.1) is 5.10 Å². The summed E-state index contributed by atoms with van der Waals surface area (Å²) in [7, 11) is 0. The zero-order valence-electron chi connectivity index (χ0n) is 16.1. The number of hydrogen-bond acceptors (Lipinski definition) is 4. The normalized spacial score (nSPS) is 11.8. The van der Waals surface area contributed by atoms with Crippen molar-refractivity contribution in [3.05, 3.63) is 70.4 Å². The van der Waals surface area contributed by atoms with Gasteiger partial charge in [-0.25, -0.2) is 4.98 Å². The smallest absolute Gasteiger partial charge is 0.340 e. The van der Waals surface area contributed by atoms with Crippen LogP contribution in [0, 0.1) is 6.92 Å². The molecule has 4 rings (SSSR count). The van der Waals surface area contributed by atoms with Crippen molar-refractivity contribution in [1.29, 1.82) is 0 Å². The van der Waals surface area contributed by atoms with Gasteiger partial charge in [0.25, 0.3) is 5.78 Å². The van der Waals surface area contributed by atoms with E-state index in [0.717, 1.165) is 22.9 Å². The standard InChI is InChI=1S/C21H17ClF3N5/c1-3-15-12(2)26-20-28-18(13-7-5-4-6-8-13)29-30(20)19(15)27-14-9-10-17(22)16(11-14)21(23,24)25/h4-11,27H,3H2,1-2H3. The predicted molar refractivity (Wildman–Crippen MR) is 110 cm³/mol. The molecule has 0 fully saturated rings. The number of nitrogens with one attached hydrogen (secondary N) is 1. The highest BCUT2D eigenvalue weighted by Gasteiger charge is 2.33. The molecule has 154 valence electrons. The van der Waals surface area contributed by atoms with Crippen molar-refractivity contribution >= 4 is 28.9 Å². The lowest BCUT2D eigenvalue weighted by molar-refractivity contribution is -0.137. The molecule has 4 aromatic rings. The van der Waals surface area contributed by atoms with Gasteiger partial charge in [0, 0.05) is 22.5 Å². The molecule has 0 saturated heterocycles. The zero-order chi connectivity index (χ0) is 21.5. The van der Waals surface area contributed by atoms with Crippen LogP contribution < -0.4 is 5.32 Å². The van der Waals surface area contributed by atoms with Crippen LogP contribution in [0.1, 0.15) is 23.7 Å². The molecule has 0 bridgehead atoms. The van der Waals surface area contributed by atoms with E-state index in [-0.39, 0.29) is 10.7 Å². The molecule has 0 radical (unpaired) electrons. The summed E-state index contributed by atoms with van der Waals surface area (Å²) in [6.07, 6.45) is -3.95. The summed E-state index contributed by atoms with van der Waals surface area (Å²) in [5, 5.41) is 7.27. The van der Waals surface area contributed by atoms with Gasteiger partial charge in [-0.2, -0.15) is 22.7 Å². The first-order chi connectivity index (χ1) is 14.3. The predicted octanol–water partition coefficient (Wildman–Crippen LogP) is 6.08. The van der Waals surface area contributed by atoms with Crippen LogP contribution in [0.15, 0.2) is 48.5 Å². The van der Waals surface area contributed by atoms with Crippen LogP contribution in [0.4, 0.5) is 24.7 Å². The van der Waals surface area contributed by atoms with Crippen molar-refractivity contribution < 1.29 is 13.2 Å². The lowest BCUT2D eigenvalue weighted by Crippen LogP contribution is -2.10. The van der Waals surface area contributed by atoms with Crippen LogP contribution >= 0.6 is 11.6 Å². The molecule has 0 aliphatic carbocycles. The first-order valence-electron chi connectivity index (χ1n) is 9.23. The van der Waals surface area contributed by atoms with E-state index in [1.807, 2.05) is 44.2 Å². The van der Waals surface area contributed by atoms with Crippen LogP contribution in [0.25, 0.3) is 17.2 Å². The molecule has 5 nitrogen and oxygen atoms in total. The highest BCUT2D eigenvalue weighted by molar-refractivity contribution is 6.31. The van der Waals surface area contributed by atoms with Crippen molar-refractivity contribution in [2.75, 3.05) is 5.32 Å². The Balaban J connectivity index is 1.86. The topological polar surface area (TPSA) is 55.1 Å². The summed E-state index contributed by atoms with van der Waals surface area (Å²) in [6.45, 7) is 3.78. The summed E-state index contributed by atoms with van der Waals surface area (Å²) < 4.78 is 41.3. The molecule has 0 saturated carbocycles. The summed E-state index contributed by atoms with van der Waals surface area (Å²) in [5.41, 5.74) is 1.71. The zero-order valence-corrected chi connectivity index (χ0v) is 16.9. The Morgan fingerprint density at radius 3 is 2.47 bits per heavy atom. The van der Waals surface area contributed by atoms with Crippen molar-refractivity contribution in [2.24, 2.45) is 0 Å². The first kappa shape index (κ1) is 20.2. The number of fused-ring (bicyclic) bond motifs is 1. The number of rotatable bonds is 4. The molecule has 0 unspecified atom stereocenters. The Kier molecular flexibility index (Phi) is 5.11. The van der Waals surface area contributed by atoms with Gasteiger partial charge >= 0.3 is 6.18 Å². The molecule has 0 atom stereocenters. The highest BCUT2D eigenvalue weighted by atomic mass is 35.5. The maximum Gasteiger partial charge on any atom is 0.417 e. The van der Waals surface area contributed by atoms with Gasteiger partial charge in [-0.1, -0.05) is 48.9 Å². The third-order valence-corrected chi connectivity index (χ3v) is 5.04. The van der Waals surface area contributed by atoms with Crippen molar-refractivity contribution in [1.82, 2.24) is 19.6 Å². The van der Waals surface area contributed by atoms with E-state index in [9.17, 15) is 13.2 Å². The van der Waals surface area contributed by atoms with E-state index in [1.165, 1.54) is 16.6 Å². The Morgan fingerprint density at radius 1 is 1.07 bits per heavy atom. The second-order valence-corrected chi connectivity index (χ2v) is 7.12. The van der Waals surface area contributed by atoms with E-state index in [4.69, 9.17) is 11.6 Å². The molecular weight excluding hydrogens is 415 g/mol. The SMILES string of the molecule is CCc1c(C)nc2nc(-c3ccccc3)nn2c1Nc1ccc(Cl)c(C(F)(F)F)c1. The fraction of sp³-hybridized carbons (Fsp3) is 0.190. The number of hydrogen-bond donors (Lipinski definition) is 1. The quantitative estimate of drug-likeness (QED) is 0.425. The molecule has 9 heteroatoms. The number of anilines is 2. The largest absolute Gasteiger partial charge is 0.417 e. The fourth-order valence-corrected chi connectivity index (χ4v) is 3.49. The summed E-state index contributed by atoms with van der Waals surface area (Å²) in [5.74, 6) is 1.35. The highest BCUT2D eigenvalue weighted by Crippen LogP contribution is 2.37. The van der Waals surface area contributed by atoms with E-state index in [2.05, 4.69) is 20.4 Å². The average Bonchev–Trinajstić information content (AvgIpc) is 3.13. The molecule has 2 aromatic heterocycles. The van der Waals surface area contributed by atoms with Crippen molar-refractivity contribution in [2.45, 2.75) is 26.4 Å². The van der Waals surface area contributed by atoms with Gasteiger partial charge in [-0.3, -0.25) is 0 Å². The second-order valence-electron chi connectivity index (χ2n) is 6.71. The molecule has 0 amide bonds. The fourth-order valence-electron chi connectivity index (χ4n) is 3.26. The molecule has 0 aliphatic rings. The minimum Gasteiger partial charge on any atom is -0.340 e. The Bertz CT molecular complexity index is 1220. The second kappa shape index (κ2) is 7.60. The van der Waals surface area contributed by atoms with Crippen LogP contribution in [0.3, 0.4) is 0 Å². The maximum atomic E-state index is 13.3. The van der Waals surface area contributed by atoms with E-state index in [0.29, 0.717) is 23.8 Å². The lowest BCUT2D eigenvalue weighted by Gasteiger charge is -2.16. The van der Waals surface area contributed by atoms with E-state index < -0.39 is 11.7 Å². The van der Waals surface area contributed by atoms with Crippen LogP contribution in [0.5, 0.6) is 0 Å². The van der Waals surface area contributed by atoms with Gasteiger partial charge in [0.1, 0.15) is 5.82 Å². The Morgan fingerprint density at radius 2 is 1.80 bits per heavy atom. The number of nitrogens with zero attached hydrogens (tertiary/aromatic N) is 4. The number of aromatic nitrogens is 4. The van der Waals surface area contributed by atoms with Crippen LogP contribution in [-0.4, -0.2) is 19.6 Å². The van der Waals surface area contributed by atoms with Gasteiger partial charge < -0.3 is 5.32 Å². The Hall–Kier alpha value is -3.13. The first-order valence-corrected chi connectivity index (χ1v) is 9.61. The molecule has 0 aliphatic heterocycles. The molecule has 2 heterocycles. The minimum atomic E-state index is -4.56. The van der Waals surface area contributed by atoms with Crippen molar-refractivity contribution in [3.8, 4) is 11.4 Å².